The van der Waals surface area contributed by atoms with E-state index in [0.29, 0.717) is 11.5 Å². The average molecular weight is 251 g/mol. The standard InChI is InChI=1S/C14H21NO3/c1-17-12-7-11(8-13(18-2)14(12)16)9-15-6-5-10-3-4-10/h7-8,10,15-16H,3-6,9H2,1-2H3. The second kappa shape index (κ2) is 5.96. The van der Waals surface area contributed by atoms with Crippen molar-refractivity contribution in [1.82, 2.24) is 5.32 Å². The SMILES string of the molecule is COc1cc(CNCCC2CC2)cc(OC)c1O. The van der Waals surface area contributed by atoms with Crippen molar-refractivity contribution in [3.8, 4) is 17.2 Å². The van der Waals surface area contributed by atoms with Crippen molar-refractivity contribution in [1.29, 1.82) is 0 Å². The van der Waals surface area contributed by atoms with Crippen LogP contribution < -0.4 is 14.8 Å². The Morgan fingerprint density at radius 1 is 1.22 bits per heavy atom. The molecular formula is C14H21NO3. The molecule has 100 valence electrons. The fraction of sp³-hybridized carbons (Fsp3) is 0.571. The summed E-state index contributed by atoms with van der Waals surface area (Å²) in [4.78, 5) is 0. The Balaban J connectivity index is 1.93. The van der Waals surface area contributed by atoms with Gasteiger partial charge in [0, 0.05) is 6.54 Å². The van der Waals surface area contributed by atoms with Crippen molar-refractivity contribution >= 4 is 0 Å². The summed E-state index contributed by atoms with van der Waals surface area (Å²) >= 11 is 0. The zero-order valence-corrected chi connectivity index (χ0v) is 11.0. The van der Waals surface area contributed by atoms with Crippen molar-refractivity contribution in [3.63, 3.8) is 0 Å². The number of phenolic OH excluding ortho intramolecular Hbond substituents is 1. The second-order valence-corrected chi connectivity index (χ2v) is 4.76. The summed E-state index contributed by atoms with van der Waals surface area (Å²) in [6.07, 6.45) is 4.04. The lowest BCUT2D eigenvalue weighted by atomic mass is 10.1. The van der Waals surface area contributed by atoms with Crippen LogP contribution in [0.25, 0.3) is 0 Å². The van der Waals surface area contributed by atoms with Gasteiger partial charge < -0.3 is 19.9 Å². The Morgan fingerprint density at radius 2 is 1.83 bits per heavy atom. The first-order chi connectivity index (χ1) is 8.74. The summed E-state index contributed by atoms with van der Waals surface area (Å²) in [5, 5.41) is 13.2. The first kappa shape index (κ1) is 13.0. The molecule has 0 heterocycles. The van der Waals surface area contributed by atoms with Gasteiger partial charge in [0.15, 0.2) is 11.5 Å². The van der Waals surface area contributed by atoms with Crippen LogP contribution in [0.15, 0.2) is 12.1 Å². The molecule has 4 heteroatoms. The molecule has 0 aliphatic heterocycles. The molecule has 18 heavy (non-hydrogen) atoms. The van der Waals surface area contributed by atoms with Gasteiger partial charge in [-0.25, -0.2) is 0 Å². The van der Waals surface area contributed by atoms with E-state index in [1.54, 1.807) is 14.2 Å². The Bertz CT molecular complexity index is 377. The van der Waals surface area contributed by atoms with Gasteiger partial charge >= 0.3 is 0 Å². The van der Waals surface area contributed by atoms with Crippen LogP contribution in [-0.4, -0.2) is 25.9 Å². The van der Waals surface area contributed by atoms with E-state index in [1.165, 1.54) is 19.3 Å². The molecule has 0 saturated heterocycles. The summed E-state index contributed by atoms with van der Waals surface area (Å²) in [6.45, 7) is 1.80. The van der Waals surface area contributed by atoms with E-state index in [4.69, 9.17) is 9.47 Å². The number of ether oxygens (including phenoxy) is 2. The number of hydrogen-bond acceptors (Lipinski definition) is 4. The van der Waals surface area contributed by atoms with Crippen LogP contribution in [0.1, 0.15) is 24.8 Å². The maximum atomic E-state index is 9.80. The summed E-state index contributed by atoms with van der Waals surface area (Å²) in [6, 6.07) is 3.67. The van der Waals surface area contributed by atoms with Gasteiger partial charge in [-0.3, -0.25) is 0 Å². The second-order valence-electron chi connectivity index (χ2n) is 4.76. The van der Waals surface area contributed by atoms with Crippen molar-refractivity contribution < 1.29 is 14.6 Å². The number of rotatable bonds is 7. The predicted molar refractivity (Wildman–Crippen MR) is 70.3 cm³/mol. The summed E-state index contributed by atoms with van der Waals surface area (Å²) < 4.78 is 10.2. The zero-order valence-electron chi connectivity index (χ0n) is 11.0. The number of phenols is 1. The summed E-state index contributed by atoms with van der Waals surface area (Å²) in [5.74, 6) is 1.91. The normalized spacial score (nSPS) is 14.6. The lowest BCUT2D eigenvalue weighted by Crippen LogP contribution is -2.15. The molecule has 0 radical (unpaired) electrons. The Labute approximate surface area is 108 Å². The summed E-state index contributed by atoms with van der Waals surface area (Å²) in [5.41, 5.74) is 1.05. The molecule has 0 bridgehead atoms. The fourth-order valence-corrected chi connectivity index (χ4v) is 2.00. The molecule has 0 spiro atoms. The van der Waals surface area contributed by atoms with E-state index < -0.39 is 0 Å². The number of methoxy groups -OCH3 is 2. The van der Waals surface area contributed by atoms with E-state index in [9.17, 15) is 5.11 Å². The molecule has 1 aliphatic carbocycles. The van der Waals surface area contributed by atoms with Crippen molar-refractivity contribution in [2.24, 2.45) is 5.92 Å². The third kappa shape index (κ3) is 3.29. The van der Waals surface area contributed by atoms with E-state index in [0.717, 1.165) is 24.6 Å². The minimum absolute atomic E-state index is 0.0572. The van der Waals surface area contributed by atoms with Gasteiger partial charge in [-0.2, -0.15) is 0 Å². The number of hydrogen-bond donors (Lipinski definition) is 2. The van der Waals surface area contributed by atoms with Gasteiger partial charge in [0.1, 0.15) is 0 Å². The van der Waals surface area contributed by atoms with Gasteiger partial charge in [0.05, 0.1) is 14.2 Å². The highest BCUT2D eigenvalue weighted by molar-refractivity contribution is 5.52. The molecular weight excluding hydrogens is 230 g/mol. The molecule has 1 saturated carbocycles. The molecule has 2 rings (SSSR count). The Hall–Kier alpha value is -1.42. The van der Waals surface area contributed by atoms with E-state index in [1.807, 2.05) is 12.1 Å². The van der Waals surface area contributed by atoms with E-state index >= 15 is 0 Å². The lowest BCUT2D eigenvalue weighted by Gasteiger charge is -2.11. The van der Waals surface area contributed by atoms with Crippen LogP contribution in [0.2, 0.25) is 0 Å². The van der Waals surface area contributed by atoms with Gasteiger partial charge in [-0.15, -0.1) is 0 Å². The van der Waals surface area contributed by atoms with Gasteiger partial charge in [-0.1, -0.05) is 12.8 Å². The molecule has 1 aliphatic rings. The van der Waals surface area contributed by atoms with Crippen molar-refractivity contribution in [2.45, 2.75) is 25.8 Å². The topological polar surface area (TPSA) is 50.7 Å². The van der Waals surface area contributed by atoms with Crippen molar-refractivity contribution in [3.05, 3.63) is 17.7 Å². The summed E-state index contributed by atoms with van der Waals surface area (Å²) in [7, 11) is 3.08. The highest BCUT2D eigenvalue weighted by Gasteiger charge is 2.20. The van der Waals surface area contributed by atoms with Gasteiger partial charge in [0.2, 0.25) is 5.75 Å². The molecule has 1 aromatic carbocycles. The van der Waals surface area contributed by atoms with Crippen molar-refractivity contribution in [2.75, 3.05) is 20.8 Å². The van der Waals surface area contributed by atoms with Gasteiger partial charge in [-0.05, 0) is 36.6 Å². The quantitative estimate of drug-likeness (QED) is 0.730. The van der Waals surface area contributed by atoms with Crippen LogP contribution in [0, 0.1) is 5.92 Å². The molecule has 0 unspecified atom stereocenters. The van der Waals surface area contributed by atoms with Crippen LogP contribution in [-0.2, 0) is 6.54 Å². The number of benzene rings is 1. The third-order valence-corrected chi connectivity index (χ3v) is 3.30. The zero-order chi connectivity index (χ0) is 13.0. The lowest BCUT2D eigenvalue weighted by molar-refractivity contribution is 0.339. The molecule has 0 atom stereocenters. The van der Waals surface area contributed by atoms with E-state index in [-0.39, 0.29) is 5.75 Å². The highest BCUT2D eigenvalue weighted by Crippen LogP contribution is 2.37. The van der Waals surface area contributed by atoms with Crippen LogP contribution in [0.3, 0.4) is 0 Å². The van der Waals surface area contributed by atoms with Crippen LogP contribution in [0.5, 0.6) is 17.2 Å². The first-order valence-electron chi connectivity index (χ1n) is 6.39. The van der Waals surface area contributed by atoms with Crippen LogP contribution in [0.4, 0.5) is 0 Å². The minimum atomic E-state index is 0.0572. The molecule has 0 amide bonds. The molecule has 0 aromatic heterocycles. The maximum Gasteiger partial charge on any atom is 0.200 e. The fourth-order valence-electron chi connectivity index (χ4n) is 2.00. The highest BCUT2D eigenvalue weighted by atomic mass is 16.5. The average Bonchev–Trinajstić information content (AvgIpc) is 3.20. The van der Waals surface area contributed by atoms with E-state index in [2.05, 4.69) is 5.32 Å². The third-order valence-electron chi connectivity index (χ3n) is 3.30. The Morgan fingerprint density at radius 3 is 2.33 bits per heavy atom. The molecule has 1 aromatic rings. The predicted octanol–water partition coefficient (Wildman–Crippen LogP) is 2.30. The largest absolute Gasteiger partial charge is 0.502 e. The Kier molecular flexibility index (Phi) is 4.31. The molecule has 4 nitrogen and oxygen atoms in total. The van der Waals surface area contributed by atoms with Gasteiger partial charge in [0.25, 0.3) is 0 Å². The monoisotopic (exact) mass is 251 g/mol. The number of aromatic hydroxyl groups is 1. The van der Waals surface area contributed by atoms with Crippen LogP contribution >= 0.6 is 0 Å². The molecule has 1 fully saturated rings. The smallest absolute Gasteiger partial charge is 0.200 e. The maximum absolute atomic E-state index is 9.80. The number of nitrogens with one attached hydrogen (secondary N) is 1. The molecule has 2 N–H and O–H groups in total. The first-order valence-corrected chi connectivity index (χ1v) is 6.39. The minimum Gasteiger partial charge on any atom is -0.502 e.